The molecule has 0 saturated carbocycles. The van der Waals surface area contributed by atoms with Crippen LogP contribution in [0.4, 0.5) is 0 Å². The Morgan fingerprint density at radius 1 is 0.955 bits per heavy atom. The smallest absolute Gasteiger partial charge is 0.187 e. The predicted molar refractivity (Wildman–Crippen MR) is 90.0 cm³/mol. The second-order valence-electron chi connectivity index (χ2n) is 4.73. The van der Waals surface area contributed by atoms with Gasteiger partial charge in [0.05, 0.1) is 5.69 Å². The van der Waals surface area contributed by atoms with E-state index in [1.165, 1.54) is 11.8 Å². The third-order valence-corrected chi connectivity index (χ3v) is 3.78. The molecule has 22 heavy (non-hydrogen) atoms. The molecule has 4 heteroatoms. The first-order valence-electron chi connectivity index (χ1n) is 6.99. The molecule has 1 aromatic heterocycles. The molecule has 0 amide bonds. The maximum absolute atomic E-state index is 5.79. The van der Waals surface area contributed by atoms with Gasteiger partial charge < -0.3 is 4.74 Å². The van der Waals surface area contributed by atoms with E-state index in [1.807, 2.05) is 54.8 Å². The van der Waals surface area contributed by atoms with Crippen LogP contribution in [0.5, 0.6) is 5.75 Å². The zero-order valence-corrected chi connectivity index (χ0v) is 13.1. The summed E-state index contributed by atoms with van der Waals surface area (Å²) in [6.45, 7) is 0.574. The molecule has 3 nitrogen and oxygen atoms in total. The Kier molecular flexibility index (Phi) is 4.71. The summed E-state index contributed by atoms with van der Waals surface area (Å²) >= 11 is 1.54. The minimum Gasteiger partial charge on any atom is -0.489 e. The molecule has 0 spiro atoms. The van der Waals surface area contributed by atoms with Crippen LogP contribution in [0.2, 0.25) is 0 Å². The van der Waals surface area contributed by atoms with E-state index in [0.29, 0.717) is 6.61 Å². The van der Waals surface area contributed by atoms with Crippen LogP contribution in [-0.4, -0.2) is 16.2 Å². The van der Waals surface area contributed by atoms with Gasteiger partial charge in [-0.2, -0.15) is 0 Å². The standard InChI is InChI=1S/C18H16N2OS/c1-22-18-19-12-11-17(20-18)15-7-9-16(10-8-15)21-13-14-5-3-2-4-6-14/h2-12H,13H2,1H3. The summed E-state index contributed by atoms with van der Waals surface area (Å²) in [5.41, 5.74) is 3.14. The topological polar surface area (TPSA) is 35.0 Å². The molecule has 2 aromatic carbocycles. The molecule has 0 aliphatic rings. The number of benzene rings is 2. The minimum atomic E-state index is 0.574. The van der Waals surface area contributed by atoms with E-state index < -0.39 is 0 Å². The van der Waals surface area contributed by atoms with E-state index in [9.17, 15) is 0 Å². The van der Waals surface area contributed by atoms with E-state index in [2.05, 4.69) is 22.1 Å². The fourth-order valence-electron chi connectivity index (χ4n) is 2.06. The number of hydrogen-bond donors (Lipinski definition) is 0. The van der Waals surface area contributed by atoms with Crippen LogP contribution < -0.4 is 4.74 Å². The molecular weight excluding hydrogens is 292 g/mol. The number of nitrogens with zero attached hydrogens (tertiary/aromatic N) is 2. The third kappa shape index (κ3) is 3.65. The van der Waals surface area contributed by atoms with Gasteiger partial charge in [-0.05, 0) is 42.2 Å². The van der Waals surface area contributed by atoms with Crippen LogP contribution >= 0.6 is 11.8 Å². The van der Waals surface area contributed by atoms with Crippen molar-refractivity contribution in [1.82, 2.24) is 9.97 Å². The summed E-state index contributed by atoms with van der Waals surface area (Å²) in [7, 11) is 0. The van der Waals surface area contributed by atoms with Crippen molar-refractivity contribution in [1.29, 1.82) is 0 Å². The van der Waals surface area contributed by atoms with E-state index in [0.717, 1.165) is 27.7 Å². The highest BCUT2D eigenvalue weighted by molar-refractivity contribution is 7.98. The highest BCUT2D eigenvalue weighted by atomic mass is 32.2. The van der Waals surface area contributed by atoms with Crippen molar-refractivity contribution < 1.29 is 4.74 Å². The van der Waals surface area contributed by atoms with Crippen LogP contribution in [0, 0.1) is 0 Å². The van der Waals surface area contributed by atoms with Gasteiger partial charge in [0.1, 0.15) is 12.4 Å². The Morgan fingerprint density at radius 3 is 2.45 bits per heavy atom. The van der Waals surface area contributed by atoms with Gasteiger partial charge in [0.25, 0.3) is 0 Å². The van der Waals surface area contributed by atoms with Gasteiger partial charge in [0, 0.05) is 11.8 Å². The molecule has 0 radical (unpaired) electrons. The Balaban J connectivity index is 1.69. The zero-order valence-electron chi connectivity index (χ0n) is 12.3. The maximum Gasteiger partial charge on any atom is 0.187 e. The minimum absolute atomic E-state index is 0.574. The Bertz CT molecular complexity index is 730. The zero-order chi connectivity index (χ0) is 15.2. The molecule has 3 rings (SSSR count). The predicted octanol–water partition coefficient (Wildman–Crippen LogP) is 4.44. The van der Waals surface area contributed by atoms with Gasteiger partial charge in [0.2, 0.25) is 0 Å². The van der Waals surface area contributed by atoms with Crippen molar-refractivity contribution in [3.8, 4) is 17.0 Å². The molecule has 0 saturated heterocycles. The molecular formula is C18H16N2OS. The number of aromatic nitrogens is 2. The van der Waals surface area contributed by atoms with Crippen molar-refractivity contribution in [3.05, 3.63) is 72.4 Å². The average molecular weight is 308 g/mol. The average Bonchev–Trinajstić information content (AvgIpc) is 2.61. The van der Waals surface area contributed by atoms with Crippen LogP contribution in [-0.2, 0) is 6.61 Å². The first kappa shape index (κ1) is 14.6. The van der Waals surface area contributed by atoms with Crippen molar-refractivity contribution >= 4 is 11.8 Å². The van der Waals surface area contributed by atoms with E-state index in [1.54, 1.807) is 6.20 Å². The van der Waals surface area contributed by atoms with Crippen LogP contribution in [0.3, 0.4) is 0 Å². The number of ether oxygens (including phenoxy) is 1. The van der Waals surface area contributed by atoms with E-state index in [4.69, 9.17) is 4.74 Å². The first-order valence-corrected chi connectivity index (χ1v) is 8.22. The summed E-state index contributed by atoms with van der Waals surface area (Å²) in [4.78, 5) is 8.69. The largest absolute Gasteiger partial charge is 0.489 e. The van der Waals surface area contributed by atoms with Gasteiger partial charge in [-0.25, -0.2) is 9.97 Å². The number of hydrogen-bond acceptors (Lipinski definition) is 4. The van der Waals surface area contributed by atoms with Crippen molar-refractivity contribution in [2.75, 3.05) is 6.26 Å². The van der Waals surface area contributed by atoms with Crippen LogP contribution in [0.15, 0.2) is 72.0 Å². The first-order chi connectivity index (χ1) is 10.8. The molecule has 3 aromatic rings. The fraction of sp³-hybridized carbons (Fsp3) is 0.111. The van der Waals surface area contributed by atoms with E-state index >= 15 is 0 Å². The monoisotopic (exact) mass is 308 g/mol. The Hall–Kier alpha value is -2.33. The third-order valence-electron chi connectivity index (χ3n) is 3.21. The number of thioether (sulfide) groups is 1. The van der Waals surface area contributed by atoms with Crippen LogP contribution in [0.1, 0.15) is 5.56 Å². The van der Waals surface area contributed by atoms with Gasteiger partial charge in [-0.1, -0.05) is 42.1 Å². The summed E-state index contributed by atoms with van der Waals surface area (Å²) in [6, 6.07) is 20.0. The molecule has 0 aliphatic heterocycles. The summed E-state index contributed by atoms with van der Waals surface area (Å²) in [6.07, 6.45) is 3.76. The lowest BCUT2D eigenvalue weighted by Crippen LogP contribution is -1.95. The summed E-state index contributed by atoms with van der Waals surface area (Å²) < 4.78 is 5.79. The van der Waals surface area contributed by atoms with Gasteiger partial charge in [-0.15, -0.1) is 0 Å². The Labute approximate surface area is 134 Å². The lowest BCUT2D eigenvalue weighted by molar-refractivity contribution is 0.306. The van der Waals surface area contributed by atoms with Gasteiger partial charge >= 0.3 is 0 Å². The van der Waals surface area contributed by atoms with Crippen molar-refractivity contribution in [2.45, 2.75) is 11.8 Å². The second-order valence-corrected chi connectivity index (χ2v) is 5.50. The lowest BCUT2D eigenvalue weighted by atomic mass is 10.1. The van der Waals surface area contributed by atoms with Gasteiger partial charge in [-0.3, -0.25) is 0 Å². The van der Waals surface area contributed by atoms with Crippen LogP contribution in [0.25, 0.3) is 11.3 Å². The molecule has 0 atom stereocenters. The normalized spacial score (nSPS) is 10.4. The SMILES string of the molecule is CSc1nccc(-c2ccc(OCc3ccccc3)cc2)n1. The highest BCUT2D eigenvalue weighted by Crippen LogP contribution is 2.22. The molecule has 110 valence electrons. The molecule has 0 N–H and O–H groups in total. The lowest BCUT2D eigenvalue weighted by Gasteiger charge is -2.07. The van der Waals surface area contributed by atoms with Crippen molar-refractivity contribution in [3.63, 3.8) is 0 Å². The fourth-order valence-corrected chi connectivity index (χ4v) is 2.42. The quantitative estimate of drug-likeness (QED) is 0.515. The number of rotatable bonds is 5. The molecule has 0 bridgehead atoms. The highest BCUT2D eigenvalue weighted by Gasteiger charge is 2.02. The summed E-state index contributed by atoms with van der Waals surface area (Å²) in [5, 5.41) is 0.780. The molecule has 0 aliphatic carbocycles. The molecule has 0 unspecified atom stereocenters. The molecule has 0 fully saturated rings. The van der Waals surface area contributed by atoms with Gasteiger partial charge in [0.15, 0.2) is 5.16 Å². The van der Waals surface area contributed by atoms with E-state index in [-0.39, 0.29) is 0 Å². The van der Waals surface area contributed by atoms with Crippen molar-refractivity contribution in [2.24, 2.45) is 0 Å². The maximum atomic E-state index is 5.79. The second kappa shape index (κ2) is 7.09. The Morgan fingerprint density at radius 2 is 1.73 bits per heavy atom. The summed E-state index contributed by atoms with van der Waals surface area (Å²) in [5.74, 6) is 0.853. The molecule has 1 heterocycles.